The number of benzene rings is 1. The average Bonchev–Trinajstić information content (AvgIpc) is 2.69. The number of nitrogens with zero attached hydrogens (tertiary/aromatic N) is 2. The maximum absolute atomic E-state index is 13.6. The Kier molecular flexibility index (Phi) is 4.28. The Morgan fingerprint density at radius 2 is 2.25 bits per heavy atom. The molecule has 0 spiro atoms. The number of hydrogen-bond donors (Lipinski definition) is 1. The molecule has 1 atom stereocenters. The molecule has 1 heterocycles. The molecule has 1 aromatic carbocycles. The lowest BCUT2D eigenvalue weighted by Gasteiger charge is -2.10. The molecule has 0 aliphatic heterocycles. The molecule has 108 valence electrons. The first-order valence-corrected chi connectivity index (χ1v) is 6.94. The van der Waals surface area contributed by atoms with E-state index in [9.17, 15) is 9.18 Å². The van der Waals surface area contributed by atoms with Crippen LogP contribution in [-0.4, -0.2) is 22.0 Å². The smallest absolute Gasteiger partial charge is 0.239 e. The first-order valence-electron chi connectivity index (χ1n) is 6.51. The van der Waals surface area contributed by atoms with Crippen LogP contribution in [0.5, 0.6) is 0 Å². The van der Waals surface area contributed by atoms with Gasteiger partial charge < -0.3 is 9.88 Å². The lowest BCUT2D eigenvalue weighted by Crippen LogP contribution is -2.27. The minimum Gasteiger partial charge on any atom is -0.355 e. The van der Waals surface area contributed by atoms with Crippen LogP contribution in [-0.2, 0) is 11.3 Å². The van der Waals surface area contributed by atoms with Gasteiger partial charge in [-0.05, 0) is 32.4 Å². The molecule has 0 saturated heterocycles. The molecule has 1 aromatic heterocycles. The molecule has 4 nitrogen and oxygen atoms in total. The van der Waals surface area contributed by atoms with E-state index in [4.69, 9.17) is 11.6 Å². The molecular weight excluding hydrogens is 281 g/mol. The summed E-state index contributed by atoms with van der Waals surface area (Å²) < 4.78 is 15.4. The second-order valence-electron chi connectivity index (χ2n) is 4.72. The Balaban J connectivity index is 2.56. The van der Waals surface area contributed by atoms with Crippen LogP contribution in [0.1, 0.15) is 30.6 Å². The normalized spacial score (nSPS) is 12.7. The Hall–Kier alpha value is -1.62. The Labute approximate surface area is 121 Å². The molecule has 0 aliphatic rings. The molecule has 0 saturated carbocycles. The lowest BCUT2D eigenvalue weighted by molar-refractivity contribution is -0.121. The summed E-state index contributed by atoms with van der Waals surface area (Å²) in [4.78, 5) is 16.1. The van der Waals surface area contributed by atoms with Crippen molar-refractivity contribution < 1.29 is 9.18 Å². The third kappa shape index (κ3) is 2.77. The van der Waals surface area contributed by atoms with Crippen LogP contribution in [0.3, 0.4) is 0 Å². The summed E-state index contributed by atoms with van der Waals surface area (Å²) in [6.45, 7) is 6.00. The Bertz CT molecular complexity index is 651. The summed E-state index contributed by atoms with van der Waals surface area (Å²) >= 11 is 6.11. The third-order valence-corrected chi connectivity index (χ3v) is 3.28. The van der Waals surface area contributed by atoms with E-state index in [2.05, 4.69) is 10.3 Å². The number of nitrogens with one attached hydrogen (secondary N) is 1. The van der Waals surface area contributed by atoms with E-state index in [1.165, 1.54) is 6.07 Å². The van der Waals surface area contributed by atoms with Crippen molar-refractivity contribution in [2.24, 2.45) is 0 Å². The topological polar surface area (TPSA) is 46.9 Å². The van der Waals surface area contributed by atoms with Crippen molar-refractivity contribution in [3.8, 4) is 0 Å². The van der Waals surface area contributed by atoms with Crippen molar-refractivity contribution >= 4 is 28.5 Å². The fraction of sp³-hybridized carbons (Fsp3) is 0.429. The monoisotopic (exact) mass is 297 g/mol. The predicted octanol–water partition coefficient (Wildman–Crippen LogP) is 2.92. The summed E-state index contributed by atoms with van der Waals surface area (Å²) in [6.07, 6.45) is 0. The van der Waals surface area contributed by atoms with Gasteiger partial charge in [0.25, 0.3) is 0 Å². The number of likely N-dealkylation sites (N-methyl/N-ethyl adjacent to an activating group) is 1. The van der Waals surface area contributed by atoms with Gasteiger partial charge >= 0.3 is 0 Å². The minimum absolute atomic E-state index is 0.118. The number of carbonyl (C=O) groups excluding carboxylic acids is 1. The summed E-state index contributed by atoms with van der Waals surface area (Å²) in [5.74, 6) is 0.138. The standard InChI is InChI=1S/C14H17ClFN3O/c1-4-17-13(20)7-19-12-5-8(2)10(16)6-11(12)18-14(19)9(3)15/h5-6,9H,4,7H2,1-3H3,(H,17,20). The highest BCUT2D eigenvalue weighted by molar-refractivity contribution is 6.20. The van der Waals surface area contributed by atoms with Gasteiger partial charge in [-0.1, -0.05) is 0 Å². The molecule has 0 radical (unpaired) electrons. The van der Waals surface area contributed by atoms with Crippen molar-refractivity contribution in [1.82, 2.24) is 14.9 Å². The summed E-state index contributed by atoms with van der Waals surface area (Å²) in [5.41, 5.74) is 1.75. The van der Waals surface area contributed by atoms with Crippen molar-refractivity contribution in [1.29, 1.82) is 0 Å². The minimum atomic E-state index is -0.361. The summed E-state index contributed by atoms with van der Waals surface area (Å²) in [5, 5.41) is 2.38. The van der Waals surface area contributed by atoms with E-state index in [1.54, 1.807) is 24.5 Å². The number of carbonyl (C=O) groups is 1. The van der Waals surface area contributed by atoms with E-state index in [1.807, 2.05) is 6.92 Å². The highest BCUT2D eigenvalue weighted by Gasteiger charge is 2.18. The number of aryl methyl sites for hydroxylation is 1. The van der Waals surface area contributed by atoms with Gasteiger partial charge in [0.1, 0.15) is 18.2 Å². The van der Waals surface area contributed by atoms with Gasteiger partial charge in [0.2, 0.25) is 5.91 Å². The number of amides is 1. The molecule has 1 N–H and O–H groups in total. The molecule has 1 unspecified atom stereocenters. The number of aromatic nitrogens is 2. The zero-order chi connectivity index (χ0) is 14.9. The molecule has 1 amide bonds. The molecule has 0 aliphatic carbocycles. The molecule has 2 rings (SSSR count). The van der Waals surface area contributed by atoms with Gasteiger partial charge in [0.15, 0.2) is 0 Å². The lowest BCUT2D eigenvalue weighted by atomic mass is 10.2. The van der Waals surface area contributed by atoms with Crippen molar-refractivity contribution in [3.05, 3.63) is 29.3 Å². The highest BCUT2D eigenvalue weighted by Crippen LogP contribution is 2.26. The van der Waals surface area contributed by atoms with Gasteiger partial charge in [-0.3, -0.25) is 4.79 Å². The third-order valence-electron chi connectivity index (χ3n) is 3.09. The van der Waals surface area contributed by atoms with Crippen molar-refractivity contribution in [2.45, 2.75) is 32.7 Å². The summed E-state index contributed by atoms with van der Waals surface area (Å²) in [6, 6.07) is 3.07. The van der Waals surface area contributed by atoms with Gasteiger partial charge in [0, 0.05) is 12.6 Å². The van der Waals surface area contributed by atoms with Gasteiger partial charge in [-0.25, -0.2) is 9.37 Å². The number of imidazole rings is 1. The number of rotatable bonds is 4. The number of alkyl halides is 1. The van der Waals surface area contributed by atoms with Crippen LogP contribution < -0.4 is 5.32 Å². The summed E-state index contributed by atoms with van der Waals surface area (Å²) in [7, 11) is 0. The van der Waals surface area contributed by atoms with E-state index < -0.39 is 0 Å². The van der Waals surface area contributed by atoms with Gasteiger partial charge in [-0.2, -0.15) is 0 Å². The Morgan fingerprint density at radius 1 is 1.55 bits per heavy atom. The maximum Gasteiger partial charge on any atom is 0.239 e. The number of hydrogen-bond acceptors (Lipinski definition) is 2. The van der Waals surface area contributed by atoms with E-state index in [0.29, 0.717) is 23.4 Å². The highest BCUT2D eigenvalue weighted by atomic mass is 35.5. The van der Waals surface area contributed by atoms with Crippen LogP contribution >= 0.6 is 11.6 Å². The molecule has 2 aromatic rings. The van der Waals surface area contributed by atoms with E-state index in [0.717, 1.165) is 5.52 Å². The fourth-order valence-electron chi connectivity index (χ4n) is 2.14. The molecule has 0 bridgehead atoms. The average molecular weight is 298 g/mol. The van der Waals surface area contributed by atoms with Crippen LogP contribution in [0.4, 0.5) is 4.39 Å². The van der Waals surface area contributed by atoms with Crippen molar-refractivity contribution in [3.63, 3.8) is 0 Å². The molecule has 6 heteroatoms. The molecular formula is C14H17ClFN3O. The molecule has 20 heavy (non-hydrogen) atoms. The molecule has 0 fully saturated rings. The number of fused-ring (bicyclic) bond motifs is 1. The second kappa shape index (κ2) is 5.79. The van der Waals surface area contributed by atoms with Crippen LogP contribution in [0.15, 0.2) is 12.1 Å². The van der Waals surface area contributed by atoms with E-state index >= 15 is 0 Å². The largest absolute Gasteiger partial charge is 0.355 e. The quantitative estimate of drug-likeness (QED) is 0.882. The first kappa shape index (κ1) is 14.8. The van der Waals surface area contributed by atoms with Crippen LogP contribution in [0.2, 0.25) is 0 Å². The predicted molar refractivity (Wildman–Crippen MR) is 77.4 cm³/mol. The van der Waals surface area contributed by atoms with Crippen LogP contribution in [0, 0.1) is 12.7 Å². The maximum atomic E-state index is 13.6. The fourth-order valence-corrected chi connectivity index (χ4v) is 2.30. The van der Waals surface area contributed by atoms with E-state index in [-0.39, 0.29) is 23.6 Å². The zero-order valence-corrected chi connectivity index (χ0v) is 12.5. The SMILES string of the molecule is CCNC(=O)Cn1c(C(C)Cl)nc2cc(F)c(C)cc21. The zero-order valence-electron chi connectivity index (χ0n) is 11.7. The Morgan fingerprint density at radius 3 is 2.85 bits per heavy atom. The number of halogens is 2. The van der Waals surface area contributed by atoms with Crippen LogP contribution in [0.25, 0.3) is 11.0 Å². The van der Waals surface area contributed by atoms with Crippen molar-refractivity contribution in [2.75, 3.05) is 6.54 Å². The first-order chi connectivity index (χ1) is 9.43. The van der Waals surface area contributed by atoms with Gasteiger partial charge in [-0.15, -0.1) is 11.6 Å². The second-order valence-corrected chi connectivity index (χ2v) is 5.37. The van der Waals surface area contributed by atoms with Gasteiger partial charge in [0.05, 0.1) is 16.4 Å².